The van der Waals surface area contributed by atoms with Crippen molar-refractivity contribution in [2.45, 2.75) is 39.1 Å². The highest BCUT2D eigenvalue weighted by Gasteiger charge is 2.36. The van der Waals surface area contributed by atoms with Gasteiger partial charge in [-0.3, -0.25) is 4.68 Å². The molecule has 0 bridgehead atoms. The first kappa shape index (κ1) is 16.0. The molecule has 0 aliphatic carbocycles. The van der Waals surface area contributed by atoms with Gasteiger partial charge in [-0.25, -0.2) is 0 Å². The number of hydrogen-bond acceptors (Lipinski definition) is 3. The summed E-state index contributed by atoms with van der Waals surface area (Å²) in [7, 11) is 1.29. The molecule has 0 atom stereocenters. The number of nitrogens with one attached hydrogen (secondary N) is 1. The summed E-state index contributed by atoms with van der Waals surface area (Å²) in [6.07, 6.45) is -2.18. The average Bonchev–Trinajstić information content (AvgIpc) is 2.64. The molecule has 0 spiro atoms. The smallest absolute Gasteiger partial charge is 0.379 e. The van der Waals surface area contributed by atoms with Crippen molar-refractivity contribution >= 4 is 0 Å². The maximum absolute atomic E-state index is 12.8. The van der Waals surface area contributed by atoms with E-state index in [4.69, 9.17) is 4.74 Å². The lowest BCUT2D eigenvalue weighted by molar-refractivity contribution is -0.144. The van der Waals surface area contributed by atoms with Crippen molar-refractivity contribution < 1.29 is 17.9 Å². The number of halogens is 3. The van der Waals surface area contributed by atoms with E-state index in [9.17, 15) is 13.2 Å². The fourth-order valence-electron chi connectivity index (χ4n) is 1.72. The van der Waals surface area contributed by atoms with Crippen LogP contribution in [0.25, 0.3) is 0 Å². The summed E-state index contributed by atoms with van der Waals surface area (Å²) in [5.74, 6) is 0. The van der Waals surface area contributed by atoms with Gasteiger partial charge in [0.05, 0.1) is 12.3 Å². The summed E-state index contributed by atoms with van der Waals surface area (Å²) in [6, 6.07) is 0. The second-order valence-corrected chi connectivity index (χ2v) is 4.59. The molecule has 1 aromatic heterocycles. The van der Waals surface area contributed by atoms with Crippen LogP contribution in [0.1, 0.15) is 31.5 Å². The van der Waals surface area contributed by atoms with Gasteiger partial charge in [0.1, 0.15) is 5.69 Å². The van der Waals surface area contributed by atoms with Crippen LogP contribution in [0.4, 0.5) is 13.2 Å². The van der Waals surface area contributed by atoms with Crippen LogP contribution in [0.2, 0.25) is 0 Å². The molecule has 110 valence electrons. The van der Waals surface area contributed by atoms with Crippen molar-refractivity contribution in [3.05, 3.63) is 17.5 Å². The number of aryl methyl sites for hydroxylation is 1. The fourth-order valence-corrected chi connectivity index (χ4v) is 1.72. The van der Waals surface area contributed by atoms with Crippen molar-refractivity contribution in [3.8, 4) is 0 Å². The number of alkyl halides is 3. The topological polar surface area (TPSA) is 39.1 Å². The largest absolute Gasteiger partial charge is 0.433 e. The van der Waals surface area contributed by atoms with E-state index in [2.05, 4.69) is 10.4 Å². The molecule has 0 radical (unpaired) electrons. The summed E-state index contributed by atoms with van der Waals surface area (Å²) in [4.78, 5) is 0. The molecule has 0 saturated heterocycles. The standard InChI is InChI=1S/C12H20F3N3O/c1-9(2)19-6-4-5-16-7-10-8-17-18(3)11(10)12(13,14)15/h8-9,16H,4-7H2,1-3H3. The second-order valence-electron chi connectivity index (χ2n) is 4.59. The van der Waals surface area contributed by atoms with Gasteiger partial charge in [0.25, 0.3) is 0 Å². The van der Waals surface area contributed by atoms with Crippen LogP contribution < -0.4 is 5.32 Å². The summed E-state index contributed by atoms with van der Waals surface area (Å²) < 4.78 is 44.5. The van der Waals surface area contributed by atoms with E-state index in [0.717, 1.165) is 11.1 Å². The van der Waals surface area contributed by atoms with Crippen LogP contribution in [0.5, 0.6) is 0 Å². The summed E-state index contributed by atoms with van der Waals surface area (Å²) in [5.41, 5.74) is -0.529. The van der Waals surface area contributed by atoms with Crippen molar-refractivity contribution in [2.24, 2.45) is 7.05 Å². The normalized spacial score (nSPS) is 12.4. The third kappa shape index (κ3) is 5.20. The van der Waals surface area contributed by atoms with Gasteiger partial charge in [0.2, 0.25) is 0 Å². The summed E-state index contributed by atoms with van der Waals surface area (Å²) >= 11 is 0. The first-order valence-electron chi connectivity index (χ1n) is 6.22. The molecule has 7 heteroatoms. The number of rotatable bonds is 7. The molecular weight excluding hydrogens is 259 g/mol. The quantitative estimate of drug-likeness (QED) is 0.779. The molecule has 19 heavy (non-hydrogen) atoms. The minimum atomic E-state index is -4.37. The zero-order chi connectivity index (χ0) is 14.5. The SMILES string of the molecule is CC(C)OCCCNCc1cnn(C)c1C(F)(F)F. The molecule has 0 aliphatic heterocycles. The Labute approximate surface area is 110 Å². The predicted octanol–water partition coefficient (Wildman–Crippen LogP) is 2.34. The molecule has 0 fully saturated rings. The fraction of sp³-hybridized carbons (Fsp3) is 0.750. The molecule has 4 nitrogen and oxygen atoms in total. The molecule has 1 heterocycles. The summed E-state index contributed by atoms with van der Waals surface area (Å²) in [5, 5.41) is 6.62. The third-order valence-corrected chi connectivity index (χ3v) is 2.55. The molecule has 1 rings (SSSR count). The maximum atomic E-state index is 12.8. The number of nitrogens with zero attached hydrogens (tertiary/aromatic N) is 2. The van der Waals surface area contributed by atoms with E-state index >= 15 is 0 Å². The Bertz CT molecular complexity index is 388. The Kier molecular flexibility index (Phi) is 5.81. The maximum Gasteiger partial charge on any atom is 0.433 e. The van der Waals surface area contributed by atoms with Crippen molar-refractivity contribution in [2.75, 3.05) is 13.2 Å². The molecule has 0 unspecified atom stereocenters. The molecule has 1 aromatic rings. The van der Waals surface area contributed by atoms with E-state index in [0.29, 0.717) is 13.2 Å². The van der Waals surface area contributed by atoms with Gasteiger partial charge < -0.3 is 10.1 Å². The minimum absolute atomic E-state index is 0.157. The Hall–Kier alpha value is -1.08. The molecule has 0 aliphatic rings. The first-order valence-corrected chi connectivity index (χ1v) is 6.22. The van der Waals surface area contributed by atoms with Gasteiger partial charge in [-0.2, -0.15) is 18.3 Å². The zero-order valence-electron chi connectivity index (χ0n) is 11.4. The van der Waals surface area contributed by atoms with Gasteiger partial charge in [0, 0.05) is 25.8 Å². The number of hydrogen-bond donors (Lipinski definition) is 1. The van der Waals surface area contributed by atoms with Crippen LogP contribution in [0.3, 0.4) is 0 Å². The zero-order valence-corrected chi connectivity index (χ0v) is 11.4. The van der Waals surface area contributed by atoms with E-state index in [1.165, 1.54) is 13.2 Å². The Morgan fingerprint density at radius 3 is 2.68 bits per heavy atom. The number of aromatic nitrogens is 2. The van der Waals surface area contributed by atoms with Crippen molar-refractivity contribution in [1.29, 1.82) is 0 Å². The lowest BCUT2D eigenvalue weighted by Gasteiger charge is -2.11. The van der Waals surface area contributed by atoms with Crippen molar-refractivity contribution in [3.63, 3.8) is 0 Å². The highest BCUT2D eigenvalue weighted by Crippen LogP contribution is 2.31. The predicted molar refractivity (Wildman–Crippen MR) is 65.6 cm³/mol. The van der Waals surface area contributed by atoms with Crippen LogP contribution in [-0.4, -0.2) is 29.0 Å². The Balaban J connectivity index is 2.38. The molecule has 0 aromatic carbocycles. The summed E-state index contributed by atoms with van der Waals surface area (Å²) in [6.45, 7) is 5.25. The van der Waals surface area contributed by atoms with E-state index in [-0.39, 0.29) is 18.2 Å². The van der Waals surface area contributed by atoms with Crippen LogP contribution in [0, 0.1) is 0 Å². The highest BCUT2D eigenvalue weighted by molar-refractivity contribution is 5.20. The molecule has 1 N–H and O–H groups in total. The van der Waals surface area contributed by atoms with E-state index in [1.54, 1.807) is 0 Å². The lowest BCUT2D eigenvalue weighted by atomic mass is 10.2. The molecule has 0 amide bonds. The van der Waals surface area contributed by atoms with Crippen molar-refractivity contribution in [1.82, 2.24) is 15.1 Å². The minimum Gasteiger partial charge on any atom is -0.379 e. The molecular formula is C12H20F3N3O. The van der Waals surface area contributed by atoms with Crippen LogP contribution in [-0.2, 0) is 24.5 Å². The average molecular weight is 279 g/mol. The number of ether oxygens (including phenoxy) is 1. The second kappa shape index (κ2) is 6.91. The first-order chi connectivity index (χ1) is 8.82. The highest BCUT2D eigenvalue weighted by atomic mass is 19.4. The third-order valence-electron chi connectivity index (χ3n) is 2.55. The van der Waals surface area contributed by atoms with Gasteiger partial charge in [-0.1, -0.05) is 0 Å². The Morgan fingerprint density at radius 2 is 2.11 bits per heavy atom. The van der Waals surface area contributed by atoms with Gasteiger partial charge in [-0.05, 0) is 26.8 Å². The van der Waals surface area contributed by atoms with Gasteiger partial charge in [0.15, 0.2) is 0 Å². The molecule has 0 saturated carbocycles. The Morgan fingerprint density at radius 1 is 1.42 bits per heavy atom. The van der Waals surface area contributed by atoms with Gasteiger partial charge >= 0.3 is 6.18 Å². The van der Waals surface area contributed by atoms with E-state index in [1.807, 2.05) is 13.8 Å². The van der Waals surface area contributed by atoms with Crippen LogP contribution >= 0.6 is 0 Å². The van der Waals surface area contributed by atoms with Gasteiger partial charge in [-0.15, -0.1) is 0 Å². The van der Waals surface area contributed by atoms with Crippen LogP contribution in [0.15, 0.2) is 6.20 Å². The van der Waals surface area contributed by atoms with E-state index < -0.39 is 11.9 Å². The monoisotopic (exact) mass is 279 g/mol. The lowest BCUT2D eigenvalue weighted by Crippen LogP contribution is -2.20.